The molecule has 1 saturated carbocycles. The largest absolute Gasteiger partial charge is 0.395 e. The first kappa shape index (κ1) is 13.0. The predicted octanol–water partition coefficient (Wildman–Crippen LogP) is 2.09. The van der Waals surface area contributed by atoms with Gasteiger partial charge in [-0.1, -0.05) is 6.42 Å². The van der Waals surface area contributed by atoms with Crippen LogP contribution >= 0.6 is 0 Å². The van der Waals surface area contributed by atoms with Gasteiger partial charge >= 0.3 is 0 Å². The molecule has 5 heteroatoms. The van der Waals surface area contributed by atoms with E-state index in [0.717, 1.165) is 23.5 Å². The number of carbonyl (C=O) groups excluding carboxylic acids is 1. The van der Waals surface area contributed by atoms with E-state index in [1.165, 1.54) is 13.1 Å². The molecule has 0 heterocycles. The van der Waals surface area contributed by atoms with Gasteiger partial charge in [0.05, 0.1) is 17.7 Å². The first-order chi connectivity index (χ1) is 8.50. The van der Waals surface area contributed by atoms with E-state index in [2.05, 4.69) is 0 Å². The summed E-state index contributed by atoms with van der Waals surface area (Å²) in [6.45, 7) is -0.237. The molecule has 1 amide bonds. The highest BCUT2D eigenvalue weighted by Gasteiger charge is 2.45. The van der Waals surface area contributed by atoms with E-state index in [4.69, 9.17) is 0 Å². The Balaban J connectivity index is 2.25. The van der Waals surface area contributed by atoms with Crippen molar-refractivity contribution in [1.29, 1.82) is 0 Å². The van der Waals surface area contributed by atoms with Crippen LogP contribution in [-0.2, 0) is 4.79 Å². The third kappa shape index (κ3) is 1.99. The van der Waals surface area contributed by atoms with Crippen LogP contribution in [-0.4, -0.2) is 24.7 Å². The van der Waals surface area contributed by atoms with Gasteiger partial charge in [0.15, 0.2) is 0 Å². The van der Waals surface area contributed by atoms with E-state index in [1.807, 2.05) is 0 Å². The highest BCUT2D eigenvalue weighted by Crippen LogP contribution is 2.42. The van der Waals surface area contributed by atoms with E-state index in [-0.39, 0.29) is 18.2 Å². The van der Waals surface area contributed by atoms with Crippen molar-refractivity contribution in [3.63, 3.8) is 0 Å². The molecule has 0 aromatic heterocycles. The minimum atomic E-state index is -0.782. The maximum Gasteiger partial charge on any atom is 0.235 e. The van der Waals surface area contributed by atoms with Crippen molar-refractivity contribution in [2.45, 2.75) is 19.3 Å². The topological polar surface area (TPSA) is 40.5 Å². The average molecular weight is 255 g/mol. The number of amides is 1. The van der Waals surface area contributed by atoms with Crippen LogP contribution in [0.3, 0.4) is 0 Å². The molecule has 0 aliphatic heterocycles. The molecule has 0 radical (unpaired) electrons. The number of benzene rings is 1. The van der Waals surface area contributed by atoms with E-state index < -0.39 is 17.0 Å². The van der Waals surface area contributed by atoms with Gasteiger partial charge in [-0.3, -0.25) is 4.79 Å². The van der Waals surface area contributed by atoms with Gasteiger partial charge in [-0.25, -0.2) is 8.78 Å². The highest BCUT2D eigenvalue weighted by atomic mass is 19.1. The Kier molecular flexibility index (Phi) is 3.34. The average Bonchev–Trinajstić information content (AvgIpc) is 2.27. The zero-order valence-electron chi connectivity index (χ0n) is 10.1. The van der Waals surface area contributed by atoms with Crippen molar-refractivity contribution >= 4 is 11.6 Å². The lowest BCUT2D eigenvalue weighted by molar-refractivity contribution is -0.136. The number of hydrogen-bond donors (Lipinski definition) is 1. The summed E-state index contributed by atoms with van der Waals surface area (Å²) >= 11 is 0. The lowest BCUT2D eigenvalue weighted by Gasteiger charge is -2.41. The third-order valence-electron chi connectivity index (χ3n) is 3.64. The number of halogens is 2. The fraction of sp³-hybridized carbons (Fsp3) is 0.462. The Labute approximate surface area is 104 Å². The van der Waals surface area contributed by atoms with Crippen molar-refractivity contribution < 1.29 is 18.7 Å². The van der Waals surface area contributed by atoms with Crippen molar-refractivity contribution in [2.75, 3.05) is 18.6 Å². The Morgan fingerprint density at radius 1 is 1.44 bits per heavy atom. The smallest absolute Gasteiger partial charge is 0.235 e. The van der Waals surface area contributed by atoms with Crippen LogP contribution in [0.2, 0.25) is 0 Å². The summed E-state index contributed by atoms with van der Waals surface area (Å²) in [7, 11) is 1.44. The molecule has 1 aromatic rings. The number of rotatable bonds is 3. The first-order valence-electron chi connectivity index (χ1n) is 5.84. The summed E-state index contributed by atoms with van der Waals surface area (Å²) in [6.07, 6.45) is 2.09. The first-order valence-corrected chi connectivity index (χ1v) is 5.84. The molecule has 1 aliphatic carbocycles. The van der Waals surface area contributed by atoms with Crippen LogP contribution in [0.4, 0.5) is 14.5 Å². The molecule has 0 saturated heterocycles. The van der Waals surface area contributed by atoms with Gasteiger partial charge < -0.3 is 10.0 Å². The zero-order chi connectivity index (χ0) is 13.3. The van der Waals surface area contributed by atoms with Crippen LogP contribution in [0.5, 0.6) is 0 Å². The molecule has 1 N–H and O–H groups in total. The second-order valence-corrected chi connectivity index (χ2v) is 4.75. The molecular formula is C13H15F2NO2. The molecule has 1 aliphatic rings. The van der Waals surface area contributed by atoms with E-state index in [0.29, 0.717) is 12.8 Å². The molecule has 1 aromatic carbocycles. The molecule has 18 heavy (non-hydrogen) atoms. The summed E-state index contributed by atoms with van der Waals surface area (Å²) in [5.41, 5.74) is -0.753. The lowest BCUT2D eigenvalue weighted by atomic mass is 9.68. The summed E-state index contributed by atoms with van der Waals surface area (Å²) in [6, 6.07) is 3.08. The molecule has 3 nitrogen and oxygen atoms in total. The number of carbonyl (C=O) groups is 1. The number of nitrogens with zero attached hydrogens (tertiary/aromatic N) is 1. The van der Waals surface area contributed by atoms with Gasteiger partial charge in [0.25, 0.3) is 0 Å². The molecule has 0 atom stereocenters. The maximum absolute atomic E-state index is 13.6. The minimum Gasteiger partial charge on any atom is -0.395 e. The number of anilines is 1. The van der Waals surface area contributed by atoms with Gasteiger partial charge in [0.2, 0.25) is 5.91 Å². The van der Waals surface area contributed by atoms with Gasteiger partial charge in [0.1, 0.15) is 11.6 Å². The quantitative estimate of drug-likeness (QED) is 0.898. The van der Waals surface area contributed by atoms with Gasteiger partial charge in [-0.2, -0.15) is 0 Å². The van der Waals surface area contributed by atoms with Crippen molar-refractivity contribution in [2.24, 2.45) is 5.41 Å². The summed E-state index contributed by atoms with van der Waals surface area (Å²) in [4.78, 5) is 13.4. The van der Waals surface area contributed by atoms with Crippen LogP contribution < -0.4 is 4.90 Å². The van der Waals surface area contributed by atoms with Crippen molar-refractivity contribution in [3.05, 3.63) is 29.8 Å². The standard InChI is InChI=1S/C13H15F2NO2/c1-16(11-4-3-9(14)7-10(11)15)12(18)13(8-17)5-2-6-13/h3-4,7,17H,2,5-6,8H2,1H3. The second kappa shape index (κ2) is 4.65. The van der Waals surface area contributed by atoms with Gasteiger partial charge in [-0.15, -0.1) is 0 Å². The molecule has 0 spiro atoms. The SMILES string of the molecule is CN(C(=O)C1(CO)CCC1)c1ccc(F)cc1F. The second-order valence-electron chi connectivity index (χ2n) is 4.75. The summed E-state index contributed by atoms with van der Waals surface area (Å²) in [5, 5.41) is 9.31. The highest BCUT2D eigenvalue weighted by molar-refractivity contribution is 5.97. The Hall–Kier alpha value is -1.49. The Bertz CT molecular complexity index is 467. The fourth-order valence-electron chi connectivity index (χ4n) is 2.26. The monoisotopic (exact) mass is 255 g/mol. The maximum atomic E-state index is 13.6. The molecule has 98 valence electrons. The normalized spacial score (nSPS) is 17.1. The van der Waals surface area contributed by atoms with E-state index in [9.17, 15) is 18.7 Å². The Morgan fingerprint density at radius 2 is 2.11 bits per heavy atom. The minimum absolute atomic E-state index is 0.0288. The molecule has 1 fully saturated rings. The number of aliphatic hydroxyl groups is 1. The van der Waals surface area contributed by atoms with Crippen LogP contribution in [0.25, 0.3) is 0 Å². The predicted molar refractivity (Wildman–Crippen MR) is 63.1 cm³/mol. The molecular weight excluding hydrogens is 240 g/mol. The fourth-order valence-corrected chi connectivity index (χ4v) is 2.26. The number of aliphatic hydroxyl groups excluding tert-OH is 1. The van der Waals surface area contributed by atoms with E-state index >= 15 is 0 Å². The summed E-state index contributed by atoms with van der Waals surface area (Å²) in [5.74, 6) is -1.78. The van der Waals surface area contributed by atoms with Gasteiger partial charge in [-0.05, 0) is 25.0 Å². The number of hydrogen-bond acceptors (Lipinski definition) is 2. The van der Waals surface area contributed by atoms with Crippen molar-refractivity contribution in [3.8, 4) is 0 Å². The molecule has 2 rings (SSSR count). The molecule has 0 bridgehead atoms. The Morgan fingerprint density at radius 3 is 2.56 bits per heavy atom. The van der Waals surface area contributed by atoms with Crippen LogP contribution in [0, 0.1) is 17.0 Å². The van der Waals surface area contributed by atoms with Crippen LogP contribution in [0.15, 0.2) is 18.2 Å². The van der Waals surface area contributed by atoms with Crippen LogP contribution in [0.1, 0.15) is 19.3 Å². The van der Waals surface area contributed by atoms with Gasteiger partial charge in [0, 0.05) is 13.1 Å². The summed E-state index contributed by atoms with van der Waals surface area (Å²) < 4.78 is 26.4. The third-order valence-corrected chi connectivity index (χ3v) is 3.64. The lowest BCUT2D eigenvalue weighted by Crippen LogP contribution is -2.49. The van der Waals surface area contributed by atoms with E-state index in [1.54, 1.807) is 0 Å². The van der Waals surface area contributed by atoms with Crippen molar-refractivity contribution in [1.82, 2.24) is 0 Å². The molecule has 0 unspecified atom stereocenters. The zero-order valence-corrected chi connectivity index (χ0v) is 10.1.